The lowest BCUT2D eigenvalue weighted by Gasteiger charge is -2.28. The second-order valence-electron chi connectivity index (χ2n) is 5.18. The molecule has 0 aromatic heterocycles. The Labute approximate surface area is 157 Å². The fraction of sp³-hybridized carbons (Fsp3) is 0.400. The van der Waals surface area contributed by atoms with Crippen LogP contribution >= 0.6 is 0 Å². The Balaban J connectivity index is 4.63. The molecule has 0 aliphatic rings. The van der Waals surface area contributed by atoms with Gasteiger partial charge in [-0.15, -0.1) is 0 Å². The van der Waals surface area contributed by atoms with E-state index >= 15 is 0 Å². The van der Waals surface area contributed by atoms with Crippen LogP contribution in [0.4, 0.5) is 43.9 Å². The largest absolute Gasteiger partial charge is 0.507 e. The van der Waals surface area contributed by atoms with Crippen LogP contribution in [-0.4, -0.2) is 36.2 Å². The number of rotatable bonds is 4. The smallest absolute Gasteiger partial charge is 0.420 e. The number of aromatic hydroxyl groups is 2. The summed E-state index contributed by atoms with van der Waals surface area (Å²) < 4.78 is 193. The molecule has 0 amide bonds. The Morgan fingerprint density at radius 1 is 0.500 bits per heavy atom. The monoisotopic (exact) mass is 506 g/mol. The number of phenolic OH excluding ortho intramolecular Hbond substituents is 2. The molecule has 0 fully saturated rings. The molecule has 0 radical (unpaired) electrons. The van der Waals surface area contributed by atoms with Crippen LogP contribution in [-0.2, 0) is 43.1 Å². The van der Waals surface area contributed by atoms with E-state index in [1.165, 1.54) is 0 Å². The number of hydrogen-bond donors (Lipinski definition) is 4. The number of benzene rings is 1. The molecule has 1 aromatic rings. The van der Waals surface area contributed by atoms with Crippen LogP contribution in [0, 0.1) is 0 Å². The Morgan fingerprint density at radius 2 is 0.700 bits per heavy atom. The Morgan fingerprint density at radius 3 is 0.833 bits per heavy atom. The van der Waals surface area contributed by atoms with Gasteiger partial charge in [-0.1, -0.05) is 0 Å². The molecular formula is C10H4F10O8S2. The average Bonchev–Trinajstić information content (AvgIpc) is 2.42. The third-order valence-electron chi connectivity index (χ3n) is 3.24. The van der Waals surface area contributed by atoms with Crippen molar-refractivity contribution < 1.29 is 80.1 Å². The highest BCUT2D eigenvalue weighted by molar-refractivity contribution is 7.86. The van der Waals surface area contributed by atoms with Gasteiger partial charge >= 0.3 is 43.1 Å². The van der Waals surface area contributed by atoms with Crippen molar-refractivity contribution in [3.63, 3.8) is 0 Å². The lowest BCUT2D eigenvalue weighted by atomic mass is 9.94. The van der Waals surface area contributed by atoms with Crippen molar-refractivity contribution in [1.82, 2.24) is 0 Å². The van der Waals surface area contributed by atoms with Crippen LogP contribution in [0.3, 0.4) is 0 Å². The molecule has 1 rings (SSSR count). The molecule has 0 spiro atoms. The minimum atomic E-state index is -7.14. The first kappa shape index (κ1) is 26.0. The Bertz CT molecular complexity index is 998. The highest BCUT2D eigenvalue weighted by atomic mass is 32.2. The number of phenols is 2. The van der Waals surface area contributed by atoms with Gasteiger partial charge in [-0.25, -0.2) is 0 Å². The van der Waals surface area contributed by atoms with Gasteiger partial charge in [0.25, 0.3) is 0 Å². The van der Waals surface area contributed by atoms with E-state index in [9.17, 15) is 71.0 Å². The summed E-state index contributed by atoms with van der Waals surface area (Å²) in [6.45, 7) is 0. The molecule has 0 aliphatic carbocycles. The van der Waals surface area contributed by atoms with Gasteiger partial charge in [0.2, 0.25) is 0 Å². The van der Waals surface area contributed by atoms with Crippen LogP contribution in [0.15, 0.2) is 0 Å². The van der Waals surface area contributed by atoms with Gasteiger partial charge in [0.15, 0.2) is 0 Å². The molecule has 0 heterocycles. The van der Waals surface area contributed by atoms with E-state index in [1.54, 1.807) is 0 Å². The summed E-state index contributed by atoms with van der Waals surface area (Å²) in [7, 11) is -14.3. The van der Waals surface area contributed by atoms with Crippen molar-refractivity contribution in [2.24, 2.45) is 0 Å². The van der Waals surface area contributed by atoms with E-state index in [4.69, 9.17) is 9.11 Å². The van der Waals surface area contributed by atoms with E-state index in [0.29, 0.717) is 0 Å². The molecule has 4 N–H and O–H groups in total. The standard InChI is InChI=1S/C10H4F10O8S2/c11-7(12,13)1-3(9(17,18)29(23,24)25)6(22)2(8(14,15)16)4(5(1)21)10(19,20)30(26,27)28/h21-22H,(H,23,24,25)(H,26,27,28). The van der Waals surface area contributed by atoms with Crippen molar-refractivity contribution in [3.8, 4) is 11.5 Å². The van der Waals surface area contributed by atoms with E-state index in [-0.39, 0.29) is 0 Å². The molecule has 8 nitrogen and oxygen atoms in total. The summed E-state index contributed by atoms with van der Waals surface area (Å²) in [6, 6.07) is 0. The predicted octanol–water partition coefficient (Wildman–Crippen LogP) is 3.01. The number of hydrogen-bond acceptors (Lipinski definition) is 6. The second kappa shape index (κ2) is 6.72. The van der Waals surface area contributed by atoms with E-state index in [2.05, 4.69) is 0 Å². The summed E-state index contributed by atoms with van der Waals surface area (Å²) in [6.07, 6.45) is -13.3. The third-order valence-corrected chi connectivity index (χ3v) is 4.95. The van der Waals surface area contributed by atoms with Crippen LogP contribution in [0.1, 0.15) is 22.3 Å². The summed E-state index contributed by atoms with van der Waals surface area (Å²) in [4.78, 5) is 0. The molecule has 0 saturated heterocycles. The maximum absolute atomic E-state index is 13.8. The van der Waals surface area contributed by atoms with Gasteiger partial charge in [-0.3, -0.25) is 9.11 Å². The van der Waals surface area contributed by atoms with Crippen molar-refractivity contribution in [2.45, 2.75) is 22.9 Å². The lowest BCUT2D eigenvalue weighted by molar-refractivity contribution is -0.147. The average molecular weight is 506 g/mol. The van der Waals surface area contributed by atoms with Crippen LogP contribution < -0.4 is 0 Å². The SMILES string of the molecule is O=S(=O)(O)C(F)(F)c1c(O)c(C(F)(F)F)c(C(F)(F)S(=O)(=O)O)c(O)c1C(F)(F)F. The topological polar surface area (TPSA) is 149 Å². The zero-order valence-corrected chi connectivity index (χ0v) is 14.7. The minimum Gasteiger partial charge on any atom is -0.507 e. The van der Waals surface area contributed by atoms with E-state index in [0.717, 1.165) is 0 Å². The maximum atomic E-state index is 13.8. The minimum absolute atomic E-state index is 3.63. The van der Waals surface area contributed by atoms with E-state index < -0.39 is 76.9 Å². The van der Waals surface area contributed by atoms with Crippen LogP contribution in [0.25, 0.3) is 0 Å². The van der Waals surface area contributed by atoms with Crippen molar-refractivity contribution in [2.75, 3.05) is 0 Å². The molecule has 0 unspecified atom stereocenters. The first-order valence-electron chi connectivity index (χ1n) is 6.28. The quantitative estimate of drug-likeness (QED) is 0.277. The molecular weight excluding hydrogens is 502 g/mol. The maximum Gasteiger partial charge on any atom is 0.420 e. The highest BCUT2D eigenvalue weighted by Gasteiger charge is 2.62. The van der Waals surface area contributed by atoms with Gasteiger partial charge in [0, 0.05) is 0 Å². The van der Waals surface area contributed by atoms with Gasteiger partial charge < -0.3 is 10.2 Å². The van der Waals surface area contributed by atoms with Crippen molar-refractivity contribution >= 4 is 20.2 Å². The number of halogens is 10. The van der Waals surface area contributed by atoms with Gasteiger partial charge in [0.05, 0.1) is 11.1 Å². The zero-order valence-electron chi connectivity index (χ0n) is 13.0. The molecule has 20 heteroatoms. The molecule has 0 atom stereocenters. The fourth-order valence-corrected chi connectivity index (χ4v) is 3.01. The Kier molecular flexibility index (Phi) is 5.82. The molecule has 0 aliphatic heterocycles. The third kappa shape index (κ3) is 3.95. The first-order valence-corrected chi connectivity index (χ1v) is 9.16. The van der Waals surface area contributed by atoms with Crippen molar-refractivity contribution in [3.05, 3.63) is 22.3 Å². The zero-order chi connectivity index (χ0) is 24.5. The molecule has 1 aromatic carbocycles. The normalized spacial score (nSPS) is 14.8. The van der Waals surface area contributed by atoms with Gasteiger partial charge in [-0.05, 0) is 0 Å². The molecule has 30 heavy (non-hydrogen) atoms. The first-order chi connectivity index (χ1) is 12.8. The summed E-state index contributed by atoms with van der Waals surface area (Å²) in [5, 5.41) is 5.62. The molecule has 174 valence electrons. The summed E-state index contributed by atoms with van der Waals surface area (Å²) >= 11 is 0. The highest BCUT2D eigenvalue weighted by Crippen LogP contribution is 2.58. The van der Waals surface area contributed by atoms with Gasteiger partial charge in [-0.2, -0.15) is 60.7 Å². The lowest BCUT2D eigenvalue weighted by Crippen LogP contribution is -2.34. The van der Waals surface area contributed by atoms with Crippen LogP contribution in [0.2, 0.25) is 0 Å². The van der Waals surface area contributed by atoms with Crippen LogP contribution in [0.5, 0.6) is 11.5 Å². The Hall–Kier alpha value is -2.06. The second-order valence-corrected chi connectivity index (χ2v) is 8.10. The van der Waals surface area contributed by atoms with Gasteiger partial charge in [0.1, 0.15) is 22.6 Å². The van der Waals surface area contributed by atoms with E-state index in [1.807, 2.05) is 0 Å². The molecule has 0 saturated carbocycles. The number of alkyl halides is 10. The predicted molar refractivity (Wildman–Crippen MR) is 70.7 cm³/mol. The van der Waals surface area contributed by atoms with Crippen molar-refractivity contribution in [1.29, 1.82) is 0 Å². The summed E-state index contributed by atoms with van der Waals surface area (Å²) in [5.41, 5.74) is -15.0. The molecule has 0 bridgehead atoms. The fourth-order valence-electron chi connectivity index (χ4n) is 2.10. The summed E-state index contributed by atoms with van der Waals surface area (Å²) in [5.74, 6) is -7.26.